The topological polar surface area (TPSA) is 101 Å². The summed E-state index contributed by atoms with van der Waals surface area (Å²) in [6.07, 6.45) is 0.986. The lowest BCUT2D eigenvalue weighted by molar-refractivity contribution is -0.399. The number of rotatable bonds is 1. The van der Waals surface area contributed by atoms with Crippen molar-refractivity contribution in [2.75, 3.05) is 14.1 Å². The number of nitrogens with zero attached hydrogens (tertiary/aromatic N) is 2. The maximum atomic E-state index is 11.3. The first-order chi connectivity index (χ1) is 6.25. The molecular formula is C6H10N3O4S+. The lowest BCUT2D eigenvalue weighted by Crippen LogP contribution is -2.54. The van der Waals surface area contributed by atoms with Gasteiger partial charge in [-0.1, -0.05) is 0 Å². The van der Waals surface area contributed by atoms with Gasteiger partial charge in [-0.15, -0.1) is 0 Å². The van der Waals surface area contributed by atoms with Crippen LogP contribution in [0.5, 0.6) is 0 Å². The maximum Gasteiger partial charge on any atom is 0.500 e. The zero-order valence-electron chi connectivity index (χ0n) is 7.67. The fourth-order valence-corrected chi connectivity index (χ4v) is 1.87. The fraction of sp³-hybridized carbons (Fsp3) is 0.500. The van der Waals surface area contributed by atoms with Gasteiger partial charge in [-0.05, 0) is 0 Å². The van der Waals surface area contributed by atoms with Gasteiger partial charge in [0.25, 0.3) is 0 Å². The first kappa shape index (κ1) is 10.8. The van der Waals surface area contributed by atoms with E-state index in [4.69, 9.17) is 5.14 Å². The second-order valence-electron chi connectivity index (χ2n) is 2.95. The lowest BCUT2D eigenvalue weighted by Gasteiger charge is -2.17. The Bertz CT molecular complexity index is 424. The number of sulfonamides is 1. The van der Waals surface area contributed by atoms with Crippen molar-refractivity contribution in [3.05, 3.63) is 0 Å². The van der Waals surface area contributed by atoms with Gasteiger partial charge in [0.05, 0.1) is 14.1 Å². The predicted molar refractivity (Wildman–Crippen MR) is 47.3 cm³/mol. The highest BCUT2D eigenvalue weighted by Gasteiger charge is 2.44. The summed E-state index contributed by atoms with van der Waals surface area (Å²) in [6, 6.07) is -0.588. The molecule has 0 radical (unpaired) electrons. The van der Waals surface area contributed by atoms with E-state index in [0.29, 0.717) is 0 Å². The number of carbonyl (C=O) groups excluding carboxylic acids is 2. The van der Waals surface area contributed by atoms with Crippen LogP contribution in [0.1, 0.15) is 0 Å². The van der Waals surface area contributed by atoms with Crippen molar-refractivity contribution in [1.82, 2.24) is 4.90 Å². The Hall–Kier alpha value is -1.28. The van der Waals surface area contributed by atoms with Crippen LogP contribution < -0.4 is 5.14 Å². The minimum atomic E-state index is -4.00. The van der Waals surface area contributed by atoms with Crippen LogP contribution in [-0.4, -0.2) is 55.4 Å². The van der Waals surface area contributed by atoms with Crippen LogP contribution in [0.25, 0.3) is 0 Å². The number of carbonyl (C=O) groups is 2. The van der Waals surface area contributed by atoms with E-state index in [9.17, 15) is 18.0 Å². The number of nitrogens with two attached hydrogens (primary N) is 1. The highest BCUT2D eigenvalue weighted by atomic mass is 32.2. The van der Waals surface area contributed by atoms with Gasteiger partial charge in [-0.25, -0.2) is 22.9 Å². The number of primary sulfonamides is 1. The van der Waals surface area contributed by atoms with Crippen molar-refractivity contribution in [2.45, 2.75) is 5.25 Å². The molecule has 0 bridgehead atoms. The summed E-state index contributed by atoms with van der Waals surface area (Å²) < 4.78 is 22.9. The Labute approximate surface area is 80.8 Å². The zero-order valence-corrected chi connectivity index (χ0v) is 8.48. The summed E-state index contributed by atoms with van der Waals surface area (Å²) >= 11 is 0. The molecule has 0 aliphatic carbocycles. The summed E-state index contributed by atoms with van der Waals surface area (Å²) in [5.74, 6) is -0.837. The minimum Gasteiger partial charge on any atom is -0.245 e. The van der Waals surface area contributed by atoms with Crippen LogP contribution in [0, 0.1) is 0 Å². The molecule has 1 aliphatic heterocycles. The summed E-state index contributed by atoms with van der Waals surface area (Å²) in [5.41, 5.74) is 0. The second-order valence-corrected chi connectivity index (χ2v) is 4.64. The molecule has 1 atom stereocenters. The SMILES string of the molecule is CN1C(=O)C(S(N)(=O)=O)C=[N+](C)C1=O. The highest BCUT2D eigenvalue weighted by molar-refractivity contribution is 7.91. The van der Waals surface area contributed by atoms with Crippen LogP contribution in [0.3, 0.4) is 0 Å². The van der Waals surface area contributed by atoms with E-state index in [2.05, 4.69) is 0 Å². The van der Waals surface area contributed by atoms with Crippen LogP contribution in [0.2, 0.25) is 0 Å². The predicted octanol–water partition coefficient (Wildman–Crippen LogP) is -2.05. The van der Waals surface area contributed by atoms with E-state index in [1.165, 1.54) is 14.1 Å². The average Bonchev–Trinajstić information content (AvgIpc) is 2.06. The molecule has 14 heavy (non-hydrogen) atoms. The lowest BCUT2D eigenvalue weighted by atomic mass is 10.3. The summed E-state index contributed by atoms with van der Waals surface area (Å²) in [6.45, 7) is 0. The van der Waals surface area contributed by atoms with Crippen molar-refractivity contribution < 1.29 is 22.6 Å². The molecular weight excluding hydrogens is 210 g/mol. The van der Waals surface area contributed by atoms with Crippen LogP contribution in [0.4, 0.5) is 4.79 Å². The molecule has 0 aromatic carbocycles. The molecule has 3 amide bonds. The van der Waals surface area contributed by atoms with E-state index in [0.717, 1.165) is 15.7 Å². The maximum absolute atomic E-state index is 11.3. The second kappa shape index (κ2) is 3.14. The summed E-state index contributed by atoms with van der Waals surface area (Å²) in [5, 5.41) is 3.35. The molecule has 78 valence electrons. The molecule has 0 saturated carbocycles. The summed E-state index contributed by atoms with van der Waals surface area (Å²) in [7, 11) is -1.45. The normalized spacial score (nSPS) is 23.8. The standard InChI is InChI=1S/C6H10N3O4S/c1-8-3-4(14(7,12)13)5(10)9(2)6(8)11/h3-4H,1-2H3,(H2,7,12,13)/q+1. The van der Waals surface area contributed by atoms with Gasteiger partial charge in [0.15, 0.2) is 0 Å². The van der Waals surface area contributed by atoms with Crippen LogP contribution in [-0.2, 0) is 14.8 Å². The van der Waals surface area contributed by atoms with Crippen LogP contribution >= 0.6 is 0 Å². The van der Waals surface area contributed by atoms with E-state index in [1.54, 1.807) is 0 Å². The molecule has 0 saturated heterocycles. The largest absolute Gasteiger partial charge is 0.500 e. The van der Waals surface area contributed by atoms with Crippen molar-refractivity contribution >= 4 is 28.2 Å². The first-order valence-corrected chi connectivity index (χ1v) is 5.27. The monoisotopic (exact) mass is 220 g/mol. The molecule has 1 unspecified atom stereocenters. The fourth-order valence-electron chi connectivity index (χ4n) is 1.08. The van der Waals surface area contributed by atoms with Gasteiger partial charge in [-0.3, -0.25) is 0 Å². The number of imide groups is 1. The summed E-state index contributed by atoms with van der Waals surface area (Å²) in [4.78, 5) is 23.2. The number of urea groups is 1. The van der Waals surface area contributed by atoms with Crippen molar-refractivity contribution in [3.63, 3.8) is 0 Å². The third-order valence-corrected chi connectivity index (χ3v) is 2.91. The third-order valence-electron chi connectivity index (χ3n) is 1.88. The minimum absolute atomic E-state index is 0.588. The van der Waals surface area contributed by atoms with Crippen LogP contribution in [0.15, 0.2) is 0 Å². The molecule has 2 N–H and O–H groups in total. The molecule has 1 heterocycles. The van der Waals surface area contributed by atoms with E-state index in [-0.39, 0.29) is 0 Å². The first-order valence-electron chi connectivity index (χ1n) is 3.66. The van der Waals surface area contributed by atoms with Crippen molar-refractivity contribution in [2.24, 2.45) is 5.14 Å². The van der Waals surface area contributed by atoms with E-state index in [1.807, 2.05) is 0 Å². The van der Waals surface area contributed by atoms with Crippen molar-refractivity contribution in [3.8, 4) is 0 Å². The average molecular weight is 220 g/mol. The van der Waals surface area contributed by atoms with Gasteiger partial charge in [0, 0.05) is 0 Å². The van der Waals surface area contributed by atoms with Crippen molar-refractivity contribution in [1.29, 1.82) is 0 Å². The third kappa shape index (κ3) is 1.66. The quantitative estimate of drug-likeness (QED) is 0.514. The Morgan fingerprint density at radius 2 is 2.00 bits per heavy atom. The smallest absolute Gasteiger partial charge is 0.245 e. The van der Waals surface area contributed by atoms with Gasteiger partial charge < -0.3 is 0 Å². The number of amides is 3. The number of hydrogen-bond acceptors (Lipinski definition) is 4. The Morgan fingerprint density at radius 3 is 2.43 bits per heavy atom. The Morgan fingerprint density at radius 1 is 1.50 bits per heavy atom. The molecule has 7 nitrogen and oxygen atoms in total. The molecule has 1 aliphatic rings. The van der Waals surface area contributed by atoms with E-state index >= 15 is 0 Å². The Kier molecular flexibility index (Phi) is 2.42. The van der Waals surface area contributed by atoms with Gasteiger partial charge in [0.2, 0.25) is 15.3 Å². The van der Waals surface area contributed by atoms with Gasteiger partial charge >= 0.3 is 11.9 Å². The molecule has 0 spiro atoms. The molecule has 0 aromatic heterocycles. The molecule has 1 rings (SSSR count). The molecule has 8 heteroatoms. The Balaban J connectivity index is 3.26. The van der Waals surface area contributed by atoms with Gasteiger partial charge in [0.1, 0.15) is 6.21 Å². The number of hydrogen-bond donors (Lipinski definition) is 1. The van der Waals surface area contributed by atoms with E-state index < -0.39 is 27.2 Å². The van der Waals surface area contributed by atoms with Gasteiger partial charge in [-0.2, -0.15) is 9.69 Å². The molecule has 0 fully saturated rings. The molecule has 0 aromatic rings. The highest BCUT2D eigenvalue weighted by Crippen LogP contribution is 2.05. The zero-order chi connectivity index (χ0) is 11.1.